The Kier molecular flexibility index (Phi) is 4.18. The predicted octanol–water partition coefficient (Wildman–Crippen LogP) is 0.449. The van der Waals surface area contributed by atoms with Gasteiger partial charge >= 0.3 is 6.03 Å². The predicted molar refractivity (Wildman–Crippen MR) is 79.3 cm³/mol. The Morgan fingerprint density at radius 3 is 1.82 bits per heavy atom. The molecule has 0 aromatic carbocycles. The molecule has 2 heterocycles. The van der Waals surface area contributed by atoms with E-state index in [0.717, 1.165) is 21.2 Å². The van der Waals surface area contributed by atoms with Gasteiger partial charge in [0.2, 0.25) is 0 Å². The van der Waals surface area contributed by atoms with E-state index in [4.69, 9.17) is 5.11 Å². The molecule has 22 heavy (non-hydrogen) atoms. The quantitative estimate of drug-likeness (QED) is 0.592. The number of urea groups is 1. The van der Waals surface area contributed by atoms with Crippen molar-refractivity contribution < 1.29 is 19.5 Å². The molecule has 0 unspecified atom stereocenters. The van der Waals surface area contributed by atoms with Gasteiger partial charge in [0.1, 0.15) is 5.57 Å². The number of carbonyl (C=O) groups is 3. The molecule has 0 atom stereocenters. The lowest BCUT2D eigenvalue weighted by Crippen LogP contribution is -2.53. The highest BCUT2D eigenvalue weighted by Crippen LogP contribution is 2.27. The van der Waals surface area contributed by atoms with Crippen LogP contribution in [0.1, 0.15) is 13.8 Å². The van der Waals surface area contributed by atoms with Gasteiger partial charge in [-0.05, 0) is 31.6 Å². The van der Waals surface area contributed by atoms with E-state index in [1.807, 2.05) is 18.7 Å². The molecular weight excluding hydrogens is 286 g/mol. The number of hydrogen-bond donors (Lipinski definition) is 1. The first kappa shape index (κ1) is 16.0. The number of imide groups is 2. The number of β-amino-alcohol motifs (C(OH)–C–C–N with tert-alkyl or cyclic N) is 1. The Bertz CT molecular complexity index is 597. The standard InChI is InChI=1S/C15H19N3O4/c1-9-7-11(8-10(2)18(9)5-6-19)12-13(20)16(3)15(22)17(4)14(12)21/h7-8,19H,5-6H2,1-4H3. The molecule has 1 N–H and O–H groups in total. The van der Waals surface area contributed by atoms with Crippen molar-refractivity contribution in [2.75, 3.05) is 27.2 Å². The topological polar surface area (TPSA) is 81.2 Å². The van der Waals surface area contributed by atoms with Crippen LogP contribution < -0.4 is 0 Å². The largest absolute Gasteiger partial charge is 0.395 e. The van der Waals surface area contributed by atoms with Gasteiger partial charge < -0.3 is 10.0 Å². The number of amides is 4. The molecule has 7 heteroatoms. The van der Waals surface area contributed by atoms with E-state index in [1.165, 1.54) is 14.1 Å². The van der Waals surface area contributed by atoms with E-state index < -0.39 is 17.8 Å². The number of hydrogen-bond acceptors (Lipinski definition) is 5. The maximum Gasteiger partial charge on any atom is 0.333 e. The molecule has 0 aromatic heterocycles. The zero-order chi connectivity index (χ0) is 16.6. The fraction of sp³-hybridized carbons (Fsp3) is 0.400. The summed E-state index contributed by atoms with van der Waals surface area (Å²) in [4.78, 5) is 40.1. The summed E-state index contributed by atoms with van der Waals surface area (Å²) in [5, 5.41) is 9.08. The Morgan fingerprint density at radius 1 is 0.955 bits per heavy atom. The lowest BCUT2D eigenvalue weighted by atomic mass is 9.99. The molecule has 0 bridgehead atoms. The second kappa shape index (κ2) is 5.76. The van der Waals surface area contributed by atoms with Gasteiger partial charge in [-0.25, -0.2) is 4.79 Å². The van der Waals surface area contributed by atoms with Gasteiger partial charge in [-0.1, -0.05) is 0 Å². The first-order valence-electron chi connectivity index (χ1n) is 6.89. The Labute approximate surface area is 128 Å². The van der Waals surface area contributed by atoms with Crippen molar-refractivity contribution in [2.45, 2.75) is 13.8 Å². The third-order valence-corrected chi connectivity index (χ3v) is 3.80. The van der Waals surface area contributed by atoms with E-state index in [0.29, 0.717) is 12.1 Å². The zero-order valence-corrected chi connectivity index (χ0v) is 13.1. The van der Waals surface area contributed by atoms with Crippen molar-refractivity contribution in [1.82, 2.24) is 14.7 Å². The minimum absolute atomic E-state index is 0.000102. The highest BCUT2D eigenvalue weighted by atomic mass is 16.3. The van der Waals surface area contributed by atoms with E-state index >= 15 is 0 Å². The fourth-order valence-electron chi connectivity index (χ4n) is 2.60. The van der Waals surface area contributed by atoms with Crippen molar-refractivity contribution in [3.8, 4) is 0 Å². The van der Waals surface area contributed by atoms with Crippen LogP contribution in [-0.2, 0) is 9.59 Å². The Hall–Kier alpha value is -2.41. The van der Waals surface area contributed by atoms with Crippen molar-refractivity contribution in [3.05, 3.63) is 34.7 Å². The van der Waals surface area contributed by atoms with Gasteiger partial charge in [0.15, 0.2) is 0 Å². The van der Waals surface area contributed by atoms with Crippen LogP contribution in [0.4, 0.5) is 4.79 Å². The molecule has 2 aliphatic rings. The molecule has 2 rings (SSSR count). The molecule has 0 saturated carbocycles. The van der Waals surface area contributed by atoms with Crippen LogP contribution in [0.2, 0.25) is 0 Å². The van der Waals surface area contributed by atoms with Crippen LogP contribution in [0.5, 0.6) is 0 Å². The van der Waals surface area contributed by atoms with Crippen LogP contribution in [0.25, 0.3) is 0 Å². The Balaban J connectivity index is 2.52. The minimum atomic E-state index is -0.640. The molecular formula is C15H19N3O4. The lowest BCUT2D eigenvalue weighted by molar-refractivity contribution is -0.134. The third kappa shape index (κ3) is 2.43. The molecule has 1 saturated heterocycles. The van der Waals surface area contributed by atoms with Crippen LogP contribution in [-0.4, -0.2) is 64.9 Å². The highest BCUT2D eigenvalue weighted by molar-refractivity contribution is 6.29. The first-order valence-corrected chi connectivity index (χ1v) is 6.89. The van der Waals surface area contributed by atoms with E-state index in [-0.39, 0.29) is 12.2 Å². The number of likely N-dealkylation sites (N-methyl/N-ethyl adjacent to an activating group) is 2. The normalized spacial score (nSPS) is 19.9. The van der Waals surface area contributed by atoms with Crippen LogP contribution in [0.3, 0.4) is 0 Å². The van der Waals surface area contributed by atoms with E-state index in [1.54, 1.807) is 12.2 Å². The van der Waals surface area contributed by atoms with Gasteiger partial charge in [-0.15, -0.1) is 0 Å². The molecule has 0 aromatic rings. The average molecular weight is 305 g/mol. The van der Waals surface area contributed by atoms with Crippen LogP contribution in [0.15, 0.2) is 34.7 Å². The molecule has 7 nitrogen and oxygen atoms in total. The summed E-state index contributed by atoms with van der Waals surface area (Å²) in [7, 11) is 2.70. The first-order chi connectivity index (χ1) is 10.3. The SMILES string of the molecule is CC1=CC(=C2C(=O)N(C)C(=O)N(C)C2=O)C=C(C)N1CCO. The van der Waals surface area contributed by atoms with Crippen molar-refractivity contribution in [2.24, 2.45) is 0 Å². The lowest BCUT2D eigenvalue weighted by Gasteiger charge is -2.32. The number of barbiturate groups is 1. The van der Waals surface area contributed by atoms with Gasteiger partial charge in [-0.2, -0.15) is 0 Å². The average Bonchev–Trinajstić information content (AvgIpc) is 2.47. The summed E-state index contributed by atoms with van der Waals surface area (Å²) in [6.07, 6.45) is 3.43. The van der Waals surface area contributed by atoms with Gasteiger partial charge in [-0.3, -0.25) is 19.4 Å². The Morgan fingerprint density at radius 2 is 1.41 bits per heavy atom. The van der Waals surface area contributed by atoms with Crippen molar-refractivity contribution in [3.63, 3.8) is 0 Å². The second-order valence-electron chi connectivity index (χ2n) is 5.29. The van der Waals surface area contributed by atoms with E-state index in [2.05, 4.69) is 0 Å². The molecule has 4 amide bonds. The van der Waals surface area contributed by atoms with Crippen molar-refractivity contribution in [1.29, 1.82) is 0 Å². The summed E-state index contributed by atoms with van der Waals surface area (Å²) < 4.78 is 0. The fourth-order valence-corrected chi connectivity index (χ4v) is 2.60. The van der Waals surface area contributed by atoms with Crippen LogP contribution >= 0.6 is 0 Å². The number of rotatable bonds is 2. The molecule has 0 aliphatic carbocycles. The summed E-state index contributed by atoms with van der Waals surface area (Å²) in [5.41, 5.74) is 2.09. The highest BCUT2D eigenvalue weighted by Gasteiger charge is 2.39. The van der Waals surface area contributed by atoms with Gasteiger partial charge in [0, 0.05) is 32.0 Å². The smallest absolute Gasteiger partial charge is 0.333 e. The molecule has 2 aliphatic heterocycles. The summed E-state index contributed by atoms with van der Waals surface area (Å²) in [5.74, 6) is -1.21. The monoisotopic (exact) mass is 305 g/mol. The minimum Gasteiger partial charge on any atom is -0.395 e. The number of nitrogens with zero attached hydrogens (tertiary/aromatic N) is 3. The second-order valence-corrected chi connectivity index (χ2v) is 5.29. The molecule has 1 fully saturated rings. The molecule has 118 valence electrons. The summed E-state index contributed by atoms with van der Waals surface area (Å²) in [6, 6.07) is -0.640. The third-order valence-electron chi connectivity index (χ3n) is 3.80. The maximum absolute atomic E-state index is 12.3. The van der Waals surface area contributed by atoms with E-state index in [9.17, 15) is 14.4 Å². The summed E-state index contributed by atoms with van der Waals surface area (Å²) in [6.45, 7) is 4.11. The molecule has 0 spiro atoms. The van der Waals surface area contributed by atoms with Crippen molar-refractivity contribution >= 4 is 17.8 Å². The van der Waals surface area contributed by atoms with Gasteiger partial charge in [0.25, 0.3) is 11.8 Å². The number of carbonyl (C=O) groups excluding carboxylic acids is 3. The van der Waals surface area contributed by atoms with Crippen LogP contribution in [0, 0.1) is 0 Å². The zero-order valence-electron chi connectivity index (χ0n) is 13.1. The molecule has 0 radical (unpaired) electrons. The summed E-state index contributed by atoms with van der Waals surface area (Å²) >= 11 is 0. The van der Waals surface area contributed by atoms with Gasteiger partial charge in [0.05, 0.1) is 6.61 Å². The number of allylic oxidation sites excluding steroid dienone is 5. The number of aliphatic hydroxyl groups is 1. The maximum atomic E-state index is 12.3. The number of aliphatic hydroxyl groups excluding tert-OH is 1.